The lowest BCUT2D eigenvalue weighted by atomic mass is 10.0. The second-order valence-electron chi connectivity index (χ2n) is 6.96. The van der Waals surface area contributed by atoms with Gasteiger partial charge in [0.25, 0.3) is 0 Å². The SMILES string of the molecule is C=CCc1c(C)c(C#N)c2nc3ccccc3n2c1N1CCN(C)CC1. The maximum Gasteiger partial charge on any atom is 0.157 e. The van der Waals surface area contributed by atoms with Gasteiger partial charge >= 0.3 is 0 Å². The summed E-state index contributed by atoms with van der Waals surface area (Å²) in [6.07, 6.45) is 2.67. The summed E-state index contributed by atoms with van der Waals surface area (Å²) in [7, 11) is 2.16. The molecule has 0 amide bonds. The molecule has 0 radical (unpaired) electrons. The van der Waals surface area contributed by atoms with Gasteiger partial charge in [0.2, 0.25) is 0 Å². The predicted molar refractivity (Wildman–Crippen MR) is 106 cm³/mol. The van der Waals surface area contributed by atoms with E-state index in [9.17, 15) is 5.26 Å². The number of piperazine rings is 1. The maximum absolute atomic E-state index is 9.82. The number of fused-ring (bicyclic) bond motifs is 3. The van der Waals surface area contributed by atoms with E-state index in [1.54, 1.807) is 0 Å². The molecule has 1 aliphatic rings. The Morgan fingerprint density at radius 3 is 2.65 bits per heavy atom. The second kappa shape index (κ2) is 6.47. The average molecular weight is 345 g/mol. The molecule has 0 aliphatic carbocycles. The highest BCUT2D eigenvalue weighted by Gasteiger charge is 2.25. The zero-order valence-electron chi connectivity index (χ0n) is 15.4. The Morgan fingerprint density at radius 1 is 1.23 bits per heavy atom. The number of rotatable bonds is 3. The first-order valence-electron chi connectivity index (χ1n) is 9.02. The van der Waals surface area contributed by atoms with E-state index in [0.29, 0.717) is 5.56 Å². The fourth-order valence-electron chi connectivity index (χ4n) is 3.90. The summed E-state index contributed by atoms with van der Waals surface area (Å²) < 4.78 is 2.19. The molecule has 132 valence electrons. The molecule has 0 saturated carbocycles. The van der Waals surface area contributed by atoms with Crippen LogP contribution in [0.3, 0.4) is 0 Å². The summed E-state index contributed by atoms with van der Waals surface area (Å²) in [6.45, 7) is 9.97. The largest absolute Gasteiger partial charge is 0.355 e. The molecular formula is C21H23N5. The van der Waals surface area contributed by atoms with Crippen molar-refractivity contribution in [2.75, 3.05) is 38.1 Å². The first kappa shape index (κ1) is 16.6. The van der Waals surface area contributed by atoms with E-state index in [-0.39, 0.29) is 0 Å². The lowest BCUT2D eigenvalue weighted by Gasteiger charge is -2.36. The van der Waals surface area contributed by atoms with Gasteiger partial charge in [-0.05, 0) is 38.1 Å². The van der Waals surface area contributed by atoms with Gasteiger partial charge in [-0.15, -0.1) is 6.58 Å². The molecule has 2 aromatic heterocycles. The second-order valence-corrected chi connectivity index (χ2v) is 6.96. The van der Waals surface area contributed by atoms with Crippen LogP contribution in [0.5, 0.6) is 0 Å². The van der Waals surface area contributed by atoms with Gasteiger partial charge in [0, 0.05) is 31.7 Å². The zero-order chi connectivity index (χ0) is 18.3. The highest BCUT2D eigenvalue weighted by atomic mass is 15.3. The third-order valence-electron chi connectivity index (χ3n) is 5.36. The van der Waals surface area contributed by atoms with Crippen molar-refractivity contribution in [3.63, 3.8) is 0 Å². The molecule has 3 aromatic rings. The van der Waals surface area contributed by atoms with Gasteiger partial charge in [0.1, 0.15) is 11.9 Å². The molecule has 0 atom stereocenters. The number of hydrogen-bond donors (Lipinski definition) is 0. The third-order valence-corrected chi connectivity index (χ3v) is 5.36. The standard InChI is InChI=1S/C21H23N5/c1-4-7-16-15(2)17(14-22)20-23-18-8-5-6-9-19(18)26(20)21(16)25-12-10-24(3)11-13-25/h4-6,8-9H,1,7,10-13H2,2-3H3. The molecule has 5 nitrogen and oxygen atoms in total. The van der Waals surface area contributed by atoms with Gasteiger partial charge < -0.3 is 9.80 Å². The monoisotopic (exact) mass is 345 g/mol. The Morgan fingerprint density at radius 2 is 1.96 bits per heavy atom. The van der Waals surface area contributed by atoms with Crippen molar-refractivity contribution in [3.8, 4) is 6.07 Å². The third kappa shape index (κ3) is 2.46. The fourth-order valence-corrected chi connectivity index (χ4v) is 3.90. The molecule has 3 heterocycles. The number of nitrogens with zero attached hydrogens (tertiary/aromatic N) is 5. The number of anilines is 1. The molecule has 0 bridgehead atoms. The smallest absolute Gasteiger partial charge is 0.157 e. The minimum absolute atomic E-state index is 0.663. The van der Waals surface area contributed by atoms with E-state index in [1.165, 1.54) is 11.4 Å². The summed E-state index contributed by atoms with van der Waals surface area (Å²) in [5.41, 5.74) is 5.59. The van der Waals surface area contributed by atoms with Gasteiger partial charge in [-0.25, -0.2) is 4.98 Å². The van der Waals surface area contributed by atoms with Crippen molar-refractivity contribution in [1.29, 1.82) is 5.26 Å². The summed E-state index contributed by atoms with van der Waals surface area (Å²) in [5, 5.41) is 9.82. The molecule has 0 N–H and O–H groups in total. The van der Waals surface area contributed by atoms with Gasteiger partial charge in [-0.1, -0.05) is 18.2 Å². The minimum atomic E-state index is 0.663. The summed E-state index contributed by atoms with van der Waals surface area (Å²) >= 11 is 0. The molecule has 26 heavy (non-hydrogen) atoms. The van der Waals surface area contributed by atoms with Crippen molar-refractivity contribution in [3.05, 3.63) is 53.6 Å². The van der Waals surface area contributed by atoms with E-state index in [2.05, 4.69) is 40.0 Å². The van der Waals surface area contributed by atoms with Crippen LogP contribution in [0.1, 0.15) is 16.7 Å². The van der Waals surface area contributed by atoms with E-state index in [0.717, 1.165) is 54.8 Å². The lowest BCUT2D eigenvalue weighted by molar-refractivity contribution is 0.311. The summed E-state index contributed by atoms with van der Waals surface area (Å²) in [5.74, 6) is 1.16. The Balaban J connectivity index is 2.10. The van der Waals surface area contributed by atoms with Crippen LogP contribution in [0.25, 0.3) is 16.7 Å². The Labute approximate surface area is 153 Å². The number of benzene rings is 1. The fraction of sp³-hybridized carbons (Fsp3) is 0.333. The van der Waals surface area contributed by atoms with Crippen LogP contribution in [-0.2, 0) is 6.42 Å². The number of nitriles is 1. The van der Waals surface area contributed by atoms with Crippen LogP contribution in [0.4, 0.5) is 5.82 Å². The molecule has 4 rings (SSSR count). The minimum Gasteiger partial charge on any atom is -0.355 e. The number of hydrogen-bond acceptors (Lipinski definition) is 4. The molecule has 1 saturated heterocycles. The van der Waals surface area contributed by atoms with Crippen molar-refractivity contribution in [2.24, 2.45) is 0 Å². The number of imidazole rings is 1. The van der Waals surface area contributed by atoms with Gasteiger partial charge in [0.05, 0.1) is 16.6 Å². The first-order chi connectivity index (χ1) is 12.7. The zero-order valence-corrected chi connectivity index (χ0v) is 15.4. The van der Waals surface area contributed by atoms with Crippen molar-refractivity contribution in [1.82, 2.24) is 14.3 Å². The van der Waals surface area contributed by atoms with Crippen LogP contribution in [0, 0.1) is 18.3 Å². The number of para-hydroxylation sites is 2. The number of aromatic nitrogens is 2. The van der Waals surface area contributed by atoms with Crippen molar-refractivity contribution >= 4 is 22.5 Å². The van der Waals surface area contributed by atoms with E-state index >= 15 is 0 Å². The molecule has 1 aliphatic heterocycles. The Kier molecular flexibility index (Phi) is 4.14. The van der Waals surface area contributed by atoms with E-state index < -0.39 is 0 Å². The molecule has 5 heteroatoms. The first-order valence-corrected chi connectivity index (χ1v) is 9.02. The number of likely N-dealkylation sites (N-methyl/N-ethyl adjacent to an activating group) is 1. The van der Waals surface area contributed by atoms with E-state index in [4.69, 9.17) is 4.98 Å². The molecule has 1 aromatic carbocycles. The molecule has 0 spiro atoms. The highest BCUT2D eigenvalue weighted by molar-refractivity contribution is 5.86. The lowest BCUT2D eigenvalue weighted by Crippen LogP contribution is -2.45. The van der Waals surface area contributed by atoms with Crippen LogP contribution < -0.4 is 4.90 Å². The van der Waals surface area contributed by atoms with Crippen LogP contribution >= 0.6 is 0 Å². The highest BCUT2D eigenvalue weighted by Crippen LogP contribution is 2.34. The number of pyridine rings is 1. The van der Waals surface area contributed by atoms with Gasteiger partial charge in [-0.3, -0.25) is 4.40 Å². The Bertz CT molecular complexity index is 1030. The van der Waals surface area contributed by atoms with E-state index in [1.807, 2.05) is 31.2 Å². The molecular weight excluding hydrogens is 322 g/mol. The van der Waals surface area contributed by atoms with Crippen molar-refractivity contribution in [2.45, 2.75) is 13.3 Å². The maximum atomic E-state index is 9.82. The predicted octanol–water partition coefficient (Wildman–Crippen LogP) is 3.15. The average Bonchev–Trinajstić information content (AvgIpc) is 3.02. The van der Waals surface area contributed by atoms with Crippen LogP contribution in [0.15, 0.2) is 36.9 Å². The van der Waals surface area contributed by atoms with Gasteiger partial charge in [0.15, 0.2) is 5.65 Å². The van der Waals surface area contributed by atoms with Crippen LogP contribution in [0.2, 0.25) is 0 Å². The molecule has 0 unspecified atom stereocenters. The number of allylic oxidation sites excluding steroid dienone is 1. The van der Waals surface area contributed by atoms with Crippen molar-refractivity contribution < 1.29 is 0 Å². The van der Waals surface area contributed by atoms with Gasteiger partial charge in [-0.2, -0.15) is 5.26 Å². The van der Waals surface area contributed by atoms with Crippen LogP contribution in [-0.4, -0.2) is 47.5 Å². The summed E-state index contributed by atoms with van der Waals surface area (Å²) in [4.78, 5) is 9.59. The molecule has 1 fully saturated rings. The summed E-state index contributed by atoms with van der Waals surface area (Å²) in [6, 6.07) is 10.5. The Hall–Kier alpha value is -2.84. The topological polar surface area (TPSA) is 47.6 Å². The normalized spacial score (nSPS) is 15.5. The quantitative estimate of drug-likeness (QED) is 0.684.